The van der Waals surface area contributed by atoms with Crippen LogP contribution in [0.15, 0.2) is 35.1 Å². The summed E-state index contributed by atoms with van der Waals surface area (Å²) in [6, 6.07) is 6.65. The van der Waals surface area contributed by atoms with Crippen molar-refractivity contribution in [3.63, 3.8) is 0 Å². The predicted molar refractivity (Wildman–Crippen MR) is 69.9 cm³/mol. The van der Waals surface area contributed by atoms with Gasteiger partial charge in [-0.1, -0.05) is 12.1 Å². The molecule has 5 heteroatoms. The summed E-state index contributed by atoms with van der Waals surface area (Å²) in [5.41, 5.74) is 1.51. The van der Waals surface area contributed by atoms with Crippen molar-refractivity contribution in [1.29, 1.82) is 0 Å². The van der Waals surface area contributed by atoms with Crippen LogP contribution in [0, 0.1) is 6.92 Å². The zero-order chi connectivity index (χ0) is 14.0. The molecular formula is C14H16N2O3. The summed E-state index contributed by atoms with van der Waals surface area (Å²) in [6.07, 6.45) is 1.27. The minimum atomic E-state index is -0.212. The van der Waals surface area contributed by atoms with E-state index in [4.69, 9.17) is 4.42 Å². The molecule has 1 aromatic heterocycles. The highest BCUT2D eigenvalue weighted by Crippen LogP contribution is 2.23. The highest BCUT2D eigenvalue weighted by Gasteiger charge is 2.23. The molecule has 0 saturated heterocycles. The number of nitrogens with zero attached hydrogens (tertiary/aromatic N) is 2. The lowest BCUT2D eigenvalue weighted by Gasteiger charge is -2.24. The molecule has 2 aromatic rings. The standard InChI is InChI=1S/C14H16N2O3/c1-9-13(19-8-15-9)14(18)16(3)10(2)11-4-6-12(17)7-5-11/h4-8,10,17H,1-3H3. The van der Waals surface area contributed by atoms with E-state index in [9.17, 15) is 9.90 Å². The predicted octanol–water partition coefficient (Wildman–Crippen LogP) is 2.52. The first-order valence-corrected chi connectivity index (χ1v) is 5.97. The van der Waals surface area contributed by atoms with Crippen molar-refractivity contribution in [3.8, 4) is 5.75 Å². The number of benzene rings is 1. The van der Waals surface area contributed by atoms with Gasteiger partial charge in [0.1, 0.15) is 5.75 Å². The summed E-state index contributed by atoms with van der Waals surface area (Å²) in [5, 5.41) is 9.27. The molecule has 0 radical (unpaired) electrons. The smallest absolute Gasteiger partial charge is 0.291 e. The first-order chi connectivity index (χ1) is 9.00. The maximum atomic E-state index is 12.3. The van der Waals surface area contributed by atoms with Gasteiger partial charge in [0.15, 0.2) is 6.39 Å². The second-order valence-electron chi connectivity index (χ2n) is 4.45. The van der Waals surface area contributed by atoms with E-state index < -0.39 is 0 Å². The maximum absolute atomic E-state index is 12.3. The molecule has 1 amide bonds. The van der Waals surface area contributed by atoms with Gasteiger partial charge in [-0.25, -0.2) is 4.98 Å². The summed E-state index contributed by atoms with van der Waals surface area (Å²) in [5.74, 6) is 0.250. The maximum Gasteiger partial charge on any atom is 0.291 e. The van der Waals surface area contributed by atoms with E-state index >= 15 is 0 Å². The van der Waals surface area contributed by atoms with Gasteiger partial charge in [0, 0.05) is 7.05 Å². The fourth-order valence-electron chi connectivity index (χ4n) is 1.82. The van der Waals surface area contributed by atoms with Crippen LogP contribution in [0.5, 0.6) is 5.75 Å². The van der Waals surface area contributed by atoms with Crippen molar-refractivity contribution < 1.29 is 14.3 Å². The summed E-state index contributed by atoms with van der Waals surface area (Å²) in [6.45, 7) is 3.64. The van der Waals surface area contributed by atoms with Gasteiger partial charge in [-0.15, -0.1) is 0 Å². The molecule has 19 heavy (non-hydrogen) atoms. The number of hydrogen-bond donors (Lipinski definition) is 1. The molecular weight excluding hydrogens is 244 g/mol. The molecule has 0 spiro atoms. The normalized spacial score (nSPS) is 12.2. The molecule has 1 unspecified atom stereocenters. The summed E-state index contributed by atoms with van der Waals surface area (Å²) in [4.78, 5) is 17.8. The second kappa shape index (κ2) is 5.14. The Labute approximate surface area is 111 Å². The van der Waals surface area contributed by atoms with Crippen LogP contribution in [0.2, 0.25) is 0 Å². The number of aromatic nitrogens is 1. The van der Waals surface area contributed by atoms with Gasteiger partial charge in [0.05, 0.1) is 11.7 Å². The van der Waals surface area contributed by atoms with Gasteiger partial charge in [-0.2, -0.15) is 0 Å². The van der Waals surface area contributed by atoms with Gasteiger partial charge in [-0.3, -0.25) is 4.79 Å². The van der Waals surface area contributed by atoms with Crippen molar-refractivity contribution >= 4 is 5.91 Å². The van der Waals surface area contributed by atoms with Gasteiger partial charge < -0.3 is 14.4 Å². The van der Waals surface area contributed by atoms with E-state index in [0.717, 1.165) is 5.56 Å². The van der Waals surface area contributed by atoms with Crippen LogP contribution in [-0.2, 0) is 0 Å². The third-order valence-electron chi connectivity index (χ3n) is 3.22. The fourth-order valence-corrected chi connectivity index (χ4v) is 1.82. The number of carbonyl (C=O) groups excluding carboxylic acids is 1. The van der Waals surface area contributed by atoms with E-state index in [1.165, 1.54) is 6.39 Å². The Kier molecular flexibility index (Phi) is 3.55. The number of phenols is 1. The Hall–Kier alpha value is -2.30. The third kappa shape index (κ3) is 2.59. The first-order valence-electron chi connectivity index (χ1n) is 5.97. The molecule has 1 atom stereocenters. The number of aromatic hydroxyl groups is 1. The Bertz CT molecular complexity index is 575. The third-order valence-corrected chi connectivity index (χ3v) is 3.22. The Morgan fingerprint density at radius 1 is 1.37 bits per heavy atom. The number of aryl methyl sites for hydroxylation is 1. The molecule has 5 nitrogen and oxygen atoms in total. The molecule has 2 rings (SSSR count). The largest absolute Gasteiger partial charge is 0.508 e. The molecule has 1 aromatic carbocycles. The lowest BCUT2D eigenvalue weighted by Crippen LogP contribution is -2.29. The van der Waals surface area contributed by atoms with Crippen LogP contribution in [0.3, 0.4) is 0 Å². The zero-order valence-electron chi connectivity index (χ0n) is 11.1. The highest BCUT2D eigenvalue weighted by atomic mass is 16.3. The minimum absolute atomic E-state index is 0.127. The molecule has 1 N–H and O–H groups in total. The molecule has 1 heterocycles. The SMILES string of the molecule is Cc1ncoc1C(=O)N(C)C(C)c1ccc(O)cc1. The quantitative estimate of drug-likeness (QED) is 0.920. The van der Waals surface area contributed by atoms with Crippen LogP contribution in [0.25, 0.3) is 0 Å². The van der Waals surface area contributed by atoms with Crippen molar-refractivity contribution in [2.24, 2.45) is 0 Å². The average Bonchev–Trinajstić information content (AvgIpc) is 2.83. The molecule has 0 aliphatic heterocycles. The van der Waals surface area contributed by atoms with E-state index in [1.54, 1.807) is 43.1 Å². The first kappa shape index (κ1) is 13.1. The van der Waals surface area contributed by atoms with E-state index in [2.05, 4.69) is 4.98 Å². The Morgan fingerprint density at radius 3 is 2.53 bits per heavy atom. The van der Waals surface area contributed by atoms with Crippen LogP contribution in [0.4, 0.5) is 0 Å². The fraction of sp³-hybridized carbons (Fsp3) is 0.286. The van der Waals surface area contributed by atoms with Crippen LogP contribution >= 0.6 is 0 Å². The average molecular weight is 260 g/mol. The van der Waals surface area contributed by atoms with Crippen molar-refractivity contribution in [2.75, 3.05) is 7.05 Å². The van der Waals surface area contributed by atoms with Crippen molar-refractivity contribution in [1.82, 2.24) is 9.88 Å². The number of amides is 1. The summed E-state index contributed by atoms with van der Waals surface area (Å²) in [7, 11) is 1.71. The molecule has 0 aliphatic rings. The van der Waals surface area contributed by atoms with Crippen LogP contribution in [0.1, 0.15) is 34.8 Å². The van der Waals surface area contributed by atoms with Crippen LogP contribution < -0.4 is 0 Å². The molecule has 0 bridgehead atoms. The lowest BCUT2D eigenvalue weighted by atomic mass is 10.1. The Balaban J connectivity index is 2.19. The topological polar surface area (TPSA) is 66.6 Å². The molecule has 0 fully saturated rings. The van der Waals surface area contributed by atoms with Crippen LogP contribution in [-0.4, -0.2) is 27.9 Å². The van der Waals surface area contributed by atoms with Gasteiger partial charge in [-0.05, 0) is 31.5 Å². The molecule has 0 saturated carbocycles. The van der Waals surface area contributed by atoms with Gasteiger partial charge >= 0.3 is 0 Å². The number of phenolic OH excluding ortho intramolecular Hbond substituents is 1. The monoisotopic (exact) mass is 260 g/mol. The molecule has 100 valence electrons. The van der Waals surface area contributed by atoms with E-state index in [-0.39, 0.29) is 23.5 Å². The van der Waals surface area contributed by atoms with E-state index in [1.807, 2.05) is 6.92 Å². The highest BCUT2D eigenvalue weighted by molar-refractivity contribution is 5.92. The summed E-state index contributed by atoms with van der Waals surface area (Å²) < 4.78 is 5.11. The van der Waals surface area contributed by atoms with Crippen molar-refractivity contribution in [2.45, 2.75) is 19.9 Å². The minimum Gasteiger partial charge on any atom is -0.508 e. The number of hydrogen-bond acceptors (Lipinski definition) is 4. The summed E-state index contributed by atoms with van der Waals surface area (Å²) >= 11 is 0. The lowest BCUT2D eigenvalue weighted by molar-refractivity contribution is 0.0709. The van der Waals surface area contributed by atoms with E-state index in [0.29, 0.717) is 5.69 Å². The second-order valence-corrected chi connectivity index (χ2v) is 4.45. The number of rotatable bonds is 3. The number of carbonyl (C=O) groups is 1. The van der Waals surface area contributed by atoms with Crippen molar-refractivity contribution in [3.05, 3.63) is 47.7 Å². The number of oxazole rings is 1. The van der Waals surface area contributed by atoms with Gasteiger partial charge in [0.25, 0.3) is 5.91 Å². The Morgan fingerprint density at radius 2 is 2.00 bits per heavy atom. The zero-order valence-corrected chi connectivity index (χ0v) is 11.1. The molecule has 0 aliphatic carbocycles. The van der Waals surface area contributed by atoms with Gasteiger partial charge in [0.2, 0.25) is 5.76 Å².